The molecule has 19 heavy (non-hydrogen) atoms. The largest absolute Gasteiger partial charge is 0.378 e. The molecule has 1 heterocycles. The van der Waals surface area contributed by atoms with E-state index >= 15 is 0 Å². The van der Waals surface area contributed by atoms with Gasteiger partial charge in [0.1, 0.15) is 0 Å². The third-order valence-corrected chi connectivity index (χ3v) is 4.24. The molecule has 0 spiro atoms. The summed E-state index contributed by atoms with van der Waals surface area (Å²) in [6.07, 6.45) is 15.2. The number of rotatable bonds is 12. The second kappa shape index (κ2) is 11.7. The fourth-order valence-electron chi connectivity index (χ4n) is 2.95. The molecule has 0 bridgehead atoms. The van der Waals surface area contributed by atoms with Crippen LogP contribution in [0.4, 0.5) is 0 Å². The van der Waals surface area contributed by atoms with Crippen molar-refractivity contribution in [2.24, 2.45) is 0 Å². The van der Waals surface area contributed by atoms with Crippen LogP contribution in [-0.4, -0.2) is 25.3 Å². The number of ether oxygens (including phenoxy) is 1. The molecular weight excluding hydrogens is 234 g/mol. The first-order valence-electron chi connectivity index (χ1n) is 8.71. The zero-order valence-corrected chi connectivity index (χ0v) is 13.3. The topological polar surface area (TPSA) is 21.3 Å². The van der Waals surface area contributed by atoms with Crippen molar-refractivity contribution in [1.29, 1.82) is 0 Å². The van der Waals surface area contributed by atoms with E-state index in [0.717, 1.165) is 19.2 Å². The minimum absolute atomic E-state index is 0.541. The molecule has 1 unspecified atom stereocenters. The molecule has 0 saturated carbocycles. The van der Waals surface area contributed by atoms with Gasteiger partial charge in [0, 0.05) is 12.6 Å². The summed E-state index contributed by atoms with van der Waals surface area (Å²) >= 11 is 0. The van der Waals surface area contributed by atoms with Gasteiger partial charge in [0.25, 0.3) is 0 Å². The SMILES string of the molecule is CCCCCC(CCCCC)NCCC1CCCO1. The third-order valence-electron chi connectivity index (χ3n) is 4.24. The van der Waals surface area contributed by atoms with Gasteiger partial charge in [0.2, 0.25) is 0 Å². The van der Waals surface area contributed by atoms with Gasteiger partial charge in [-0.3, -0.25) is 0 Å². The van der Waals surface area contributed by atoms with Crippen molar-refractivity contribution < 1.29 is 4.74 Å². The van der Waals surface area contributed by atoms with Crippen molar-refractivity contribution in [1.82, 2.24) is 5.32 Å². The summed E-state index contributed by atoms with van der Waals surface area (Å²) in [7, 11) is 0. The predicted octanol–water partition coefficient (Wildman–Crippen LogP) is 4.67. The summed E-state index contributed by atoms with van der Waals surface area (Å²) in [4.78, 5) is 0. The van der Waals surface area contributed by atoms with Crippen LogP contribution >= 0.6 is 0 Å². The Labute approximate surface area is 120 Å². The van der Waals surface area contributed by atoms with E-state index in [1.807, 2.05) is 0 Å². The summed E-state index contributed by atoms with van der Waals surface area (Å²) in [5, 5.41) is 3.78. The van der Waals surface area contributed by atoms with Gasteiger partial charge in [-0.2, -0.15) is 0 Å². The van der Waals surface area contributed by atoms with E-state index in [9.17, 15) is 0 Å². The Morgan fingerprint density at radius 1 is 1.05 bits per heavy atom. The number of hydrogen-bond acceptors (Lipinski definition) is 2. The molecule has 0 aliphatic carbocycles. The molecule has 1 aliphatic rings. The number of nitrogens with one attached hydrogen (secondary N) is 1. The van der Waals surface area contributed by atoms with Gasteiger partial charge in [0.15, 0.2) is 0 Å². The standard InChI is InChI=1S/C17H35NO/c1-3-5-7-10-16(11-8-6-4-2)18-14-13-17-12-9-15-19-17/h16-18H,3-15H2,1-2H3. The molecule has 1 atom stereocenters. The summed E-state index contributed by atoms with van der Waals surface area (Å²) in [6.45, 7) is 6.71. The highest BCUT2D eigenvalue weighted by molar-refractivity contribution is 4.71. The van der Waals surface area contributed by atoms with Crippen LogP contribution in [0.3, 0.4) is 0 Å². The van der Waals surface area contributed by atoms with E-state index in [-0.39, 0.29) is 0 Å². The average molecular weight is 269 g/mol. The van der Waals surface area contributed by atoms with Crippen LogP contribution in [0.25, 0.3) is 0 Å². The number of unbranched alkanes of at least 4 members (excludes halogenated alkanes) is 4. The monoisotopic (exact) mass is 269 g/mol. The zero-order valence-electron chi connectivity index (χ0n) is 13.3. The van der Waals surface area contributed by atoms with Gasteiger partial charge in [-0.25, -0.2) is 0 Å². The maximum Gasteiger partial charge on any atom is 0.0588 e. The summed E-state index contributed by atoms with van der Waals surface area (Å²) in [6, 6.07) is 0.750. The van der Waals surface area contributed by atoms with Crippen molar-refractivity contribution in [3.05, 3.63) is 0 Å². The lowest BCUT2D eigenvalue weighted by Gasteiger charge is -2.20. The van der Waals surface area contributed by atoms with E-state index in [4.69, 9.17) is 4.74 Å². The van der Waals surface area contributed by atoms with Gasteiger partial charge in [-0.1, -0.05) is 52.4 Å². The highest BCUT2D eigenvalue weighted by atomic mass is 16.5. The van der Waals surface area contributed by atoms with Crippen LogP contribution in [0.1, 0.15) is 84.5 Å². The maximum atomic E-state index is 5.69. The average Bonchev–Trinajstić information content (AvgIpc) is 2.92. The van der Waals surface area contributed by atoms with Crippen molar-refractivity contribution >= 4 is 0 Å². The molecule has 2 nitrogen and oxygen atoms in total. The van der Waals surface area contributed by atoms with Gasteiger partial charge in [0.05, 0.1) is 6.10 Å². The highest BCUT2D eigenvalue weighted by Gasteiger charge is 2.15. The van der Waals surface area contributed by atoms with Crippen LogP contribution in [0.15, 0.2) is 0 Å². The molecule has 0 aromatic rings. The van der Waals surface area contributed by atoms with Gasteiger partial charge < -0.3 is 10.1 Å². The molecule has 0 aromatic heterocycles. The minimum Gasteiger partial charge on any atom is -0.378 e. The van der Waals surface area contributed by atoms with Crippen molar-refractivity contribution in [3.8, 4) is 0 Å². The zero-order chi connectivity index (χ0) is 13.8. The Bertz CT molecular complexity index is 180. The second-order valence-electron chi connectivity index (χ2n) is 6.07. The van der Waals surface area contributed by atoms with E-state index in [0.29, 0.717) is 6.10 Å². The maximum absolute atomic E-state index is 5.69. The Hall–Kier alpha value is -0.0800. The van der Waals surface area contributed by atoms with Crippen LogP contribution in [-0.2, 0) is 4.74 Å². The van der Waals surface area contributed by atoms with E-state index in [1.165, 1.54) is 70.6 Å². The molecule has 1 saturated heterocycles. The van der Waals surface area contributed by atoms with Crippen molar-refractivity contribution in [2.75, 3.05) is 13.2 Å². The molecule has 1 fully saturated rings. The highest BCUT2D eigenvalue weighted by Crippen LogP contribution is 2.15. The van der Waals surface area contributed by atoms with Crippen LogP contribution in [0, 0.1) is 0 Å². The Balaban J connectivity index is 2.10. The molecule has 0 amide bonds. The van der Waals surface area contributed by atoms with Crippen molar-refractivity contribution in [3.63, 3.8) is 0 Å². The normalized spacial score (nSPS) is 19.4. The third kappa shape index (κ3) is 8.65. The lowest BCUT2D eigenvalue weighted by atomic mass is 10.0. The summed E-state index contributed by atoms with van der Waals surface area (Å²) < 4.78 is 5.69. The molecule has 0 radical (unpaired) electrons. The summed E-state index contributed by atoms with van der Waals surface area (Å²) in [5.74, 6) is 0. The molecule has 2 heteroatoms. The van der Waals surface area contributed by atoms with E-state index < -0.39 is 0 Å². The van der Waals surface area contributed by atoms with Gasteiger partial charge in [-0.05, 0) is 38.6 Å². The molecule has 0 aromatic carbocycles. The quantitative estimate of drug-likeness (QED) is 0.520. The first kappa shape index (κ1) is 17.0. The van der Waals surface area contributed by atoms with Crippen molar-refractivity contribution in [2.45, 2.75) is 96.6 Å². The first-order valence-corrected chi connectivity index (χ1v) is 8.71. The van der Waals surface area contributed by atoms with Gasteiger partial charge >= 0.3 is 0 Å². The van der Waals surface area contributed by atoms with Gasteiger partial charge in [-0.15, -0.1) is 0 Å². The fraction of sp³-hybridized carbons (Fsp3) is 1.00. The molecule has 1 N–H and O–H groups in total. The molecule has 114 valence electrons. The van der Waals surface area contributed by atoms with E-state index in [2.05, 4.69) is 19.2 Å². The van der Waals surface area contributed by atoms with E-state index in [1.54, 1.807) is 0 Å². The molecular formula is C17H35NO. The first-order chi connectivity index (χ1) is 9.36. The van der Waals surface area contributed by atoms with Crippen LogP contribution in [0.2, 0.25) is 0 Å². The number of hydrogen-bond donors (Lipinski definition) is 1. The molecule has 1 rings (SSSR count). The Morgan fingerprint density at radius 2 is 1.74 bits per heavy atom. The lowest BCUT2D eigenvalue weighted by molar-refractivity contribution is 0.103. The second-order valence-corrected chi connectivity index (χ2v) is 6.07. The van der Waals surface area contributed by atoms with Crippen LogP contribution < -0.4 is 5.32 Å². The Morgan fingerprint density at radius 3 is 2.26 bits per heavy atom. The summed E-state index contributed by atoms with van der Waals surface area (Å²) in [5.41, 5.74) is 0. The lowest BCUT2D eigenvalue weighted by Crippen LogP contribution is -2.31. The van der Waals surface area contributed by atoms with Crippen LogP contribution in [0.5, 0.6) is 0 Å². The smallest absolute Gasteiger partial charge is 0.0588 e. The Kier molecular flexibility index (Phi) is 10.5. The predicted molar refractivity (Wildman–Crippen MR) is 83.7 cm³/mol. The fourth-order valence-corrected chi connectivity index (χ4v) is 2.95. The minimum atomic E-state index is 0.541. The molecule has 1 aliphatic heterocycles.